The zero-order valence-corrected chi connectivity index (χ0v) is 13.0. The summed E-state index contributed by atoms with van der Waals surface area (Å²) in [5.41, 5.74) is 0.0584. The first-order valence-electron chi connectivity index (χ1n) is 5.80. The van der Waals surface area contributed by atoms with Gasteiger partial charge in [0.1, 0.15) is 11.3 Å². The molecule has 0 fully saturated rings. The highest BCUT2D eigenvalue weighted by Crippen LogP contribution is 2.31. The lowest BCUT2D eigenvalue weighted by Crippen LogP contribution is -1.97. The summed E-state index contributed by atoms with van der Waals surface area (Å²) in [6.45, 7) is 0. The number of carboxylic acids is 1. The van der Waals surface area contributed by atoms with Gasteiger partial charge in [0.25, 0.3) is 5.69 Å². The van der Waals surface area contributed by atoms with Gasteiger partial charge in [-0.15, -0.1) is 0 Å². The number of aromatic carboxylic acids is 1. The Morgan fingerprint density at radius 3 is 2.50 bits per heavy atom. The fourth-order valence-corrected chi connectivity index (χ4v) is 2.20. The van der Waals surface area contributed by atoms with Crippen LogP contribution in [0.15, 0.2) is 46.6 Å². The minimum absolute atomic E-state index is 0.122. The number of nitrogens with zero attached hydrogens (tertiary/aromatic N) is 3. The Labute approximate surface area is 137 Å². The lowest BCUT2D eigenvalue weighted by atomic mass is 10.2. The third kappa shape index (κ3) is 3.55. The minimum atomic E-state index is -1.29. The molecule has 9 heteroatoms. The molecular formula is C13H8IN3O5. The Hall–Kier alpha value is -2.56. The topological polar surface area (TPSA) is 125 Å². The second-order valence-corrected chi connectivity index (χ2v) is 5.27. The first kappa shape index (κ1) is 15.8. The predicted octanol–water partition coefficient (Wildman–Crippen LogP) is 4.02. The van der Waals surface area contributed by atoms with E-state index in [-0.39, 0.29) is 28.4 Å². The van der Waals surface area contributed by atoms with Crippen LogP contribution in [0.2, 0.25) is 0 Å². The summed E-state index contributed by atoms with van der Waals surface area (Å²) in [7, 11) is 0. The number of halogens is 1. The average molecular weight is 413 g/mol. The summed E-state index contributed by atoms with van der Waals surface area (Å²) >= 11 is 1.77. The number of non-ortho nitro benzene ring substituents is 1. The van der Waals surface area contributed by atoms with Gasteiger partial charge in [0, 0.05) is 12.1 Å². The Morgan fingerprint density at radius 2 is 1.86 bits per heavy atom. The Balaban J connectivity index is 2.36. The van der Waals surface area contributed by atoms with Crippen molar-refractivity contribution in [2.75, 3.05) is 0 Å². The van der Waals surface area contributed by atoms with Gasteiger partial charge >= 0.3 is 5.97 Å². The number of azo groups is 1. The molecule has 0 radical (unpaired) electrons. The third-order valence-electron chi connectivity index (χ3n) is 2.60. The van der Waals surface area contributed by atoms with Crippen LogP contribution >= 0.6 is 22.6 Å². The largest absolute Gasteiger partial charge is 0.506 e. The summed E-state index contributed by atoms with van der Waals surface area (Å²) in [5.74, 6) is -1.63. The van der Waals surface area contributed by atoms with Crippen molar-refractivity contribution in [1.29, 1.82) is 0 Å². The van der Waals surface area contributed by atoms with Crippen molar-refractivity contribution < 1.29 is 19.9 Å². The van der Waals surface area contributed by atoms with Crippen LogP contribution in [-0.2, 0) is 0 Å². The summed E-state index contributed by atoms with van der Waals surface area (Å²) in [5, 5.41) is 37.0. The molecule has 0 heterocycles. The van der Waals surface area contributed by atoms with E-state index < -0.39 is 10.9 Å². The van der Waals surface area contributed by atoms with E-state index in [1.807, 2.05) is 0 Å². The first-order valence-corrected chi connectivity index (χ1v) is 6.88. The van der Waals surface area contributed by atoms with Crippen LogP contribution in [-0.4, -0.2) is 21.1 Å². The van der Waals surface area contributed by atoms with Crippen molar-refractivity contribution in [2.24, 2.45) is 10.2 Å². The molecule has 2 aromatic rings. The number of hydrogen-bond acceptors (Lipinski definition) is 6. The van der Waals surface area contributed by atoms with Gasteiger partial charge in [0.15, 0.2) is 0 Å². The number of carbonyl (C=O) groups is 1. The monoisotopic (exact) mass is 413 g/mol. The van der Waals surface area contributed by atoms with Crippen molar-refractivity contribution in [3.63, 3.8) is 0 Å². The van der Waals surface area contributed by atoms with Crippen LogP contribution in [0, 0.1) is 13.7 Å². The van der Waals surface area contributed by atoms with E-state index >= 15 is 0 Å². The zero-order valence-electron chi connectivity index (χ0n) is 10.8. The third-order valence-corrected chi connectivity index (χ3v) is 3.42. The molecule has 0 atom stereocenters. The van der Waals surface area contributed by atoms with Crippen LogP contribution in [0.4, 0.5) is 17.1 Å². The molecule has 0 aliphatic heterocycles. The van der Waals surface area contributed by atoms with Gasteiger partial charge in [0.2, 0.25) is 0 Å². The molecule has 0 aliphatic rings. The van der Waals surface area contributed by atoms with Crippen molar-refractivity contribution >= 4 is 45.6 Å². The van der Waals surface area contributed by atoms with Gasteiger partial charge in [-0.05, 0) is 40.8 Å². The maximum atomic E-state index is 11.0. The average Bonchev–Trinajstić information content (AvgIpc) is 2.48. The molecule has 2 aromatic carbocycles. The SMILES string of the molecule is O=C(O)c1cc(N=Nc2cccc([N+](=O)[O-])c2)cc(I)c1O. The van der Waals surface area contributed by atoms with Crippen molar-refractivity contribution in [1.82, 2.24) is 0 Å². The predicted molar refractivity (Wildman–Crippen MR) is 85.1 cm³/mol. The number of nitro benzene ring substituents is 1. The second-order valence-electron chi connectivity index (χ2n) is 4.11. The van der Waals surface area contributed by atoms with Gasteiger partial charge in [-0.2, -0.15) is 10.2 Å². The fraction of sp³-hybridized carbons (Fsp3) is 0. The van der Waals surface area contributed by atoms with Crippen molar-refractivity contribution in [3.8, 4) is 5.75 Å². The summed E-state index contributed by atoms with van der Waals surface area (Å²) in [6, 6.07) is 8.18. The molecule has 22 heavy (non-hydrogen) atoms. The van der Waals surface area contributed by atoms with Gasteiger partial charge in [0.05, 0.1) is 19.9 Å². The lowest BCUT2D eigenvalue weighted by molar-refractivity contribution is -0.384. The number of benzene rings is 2. The fourth-order valence-electron chi connectivity index (χ4n) is 1.59. The van der Waals surface area contributed by atoms with Crippen LogP contribution in [0.25, 0.3) is 0 Å². The van der Waals surface area contributed by atoms with Gasteiger partial charge in [-0.1, -0.05) is 6.07 Å². The van der Waals surface area contributed by atoms with Crippen molar-refractivity contribution in [2.45, 2.75) is 0 Å². The summed E-state index contributed by atoms with van der Waals surface area (Å²) in [6.07, 6.45) is 0. The number of rotatable bonds is 4. The molecule has 2 rings (SSSR count). The molecule has 0 unspecified atom stereocenters. The minimum Gasteiger partial charge on any atom is -0.506 e. The maximum absolute atomic E-state index is 11.0. The number of hydrogen-bond donors (Lipinski definition) is 2. The molecule has 8 nitrogen and oxygen atoms in total. The van der Waals surface area contributed by atoms with Gasteiger partial charge in [-0.25, -0.2) is 4.79 Å². The molecule has 0 aliphatic carbocycles. The summed E-state index contributed by atoms with van der Waals surface area (Å²) < 4.78 is 0.311. The highest BCUT2D eigenvalue weighted by molar-refractivity contribution is 14.1. The molecular weight excluding hydrogens is 405 g/mol. The number of nitro groups is 1. The lowest BCUT2D eigenvalue weighted by Gasteiger charge is -2.03. The molecule has 0 amide bonds. The Kier molecular flexibility index (Phi) is 4.65. The standard InChI is InChI=1S/C13H8IN3O5/c14-11-6-8(5-10(12(11)18)13(19)20)16-15-7-2-1-3-9(4-7)17(21)22/h1-6,18H,(H,19,20). The van der Waals surface area contributed by atoms with E-state index in [1.54, 1.807) is 22.6 Å². The number of aromatic hydroxyl groups is 1. The Morgan fingerprint density at radius 1 is 1.18 bits per heavy atom. The summed E-state index contributed by atoms with van der Waals surface area (Å²) in [4.78, 5) is 21.1. The number of phenols is 1. The molecule has 0 saturated heterocycles. The zero-order chi connectivity index (χ0) is 16.3. The van der Waals surface area contributed by atoms with E-state index in [4.69, 9.17) is 5.11 Å². The highest BCUT2D eigenvalue weighted by Gasteiger charge is 2.14. The highest BCUT2D eigenvalue weighted by atomic mass is 127. The number of carboxylic acid groups (broad SMARTS) is 1. The second kappa shape index (κ2) is 6.47. The van der Waals surface area contributed by atoms with Crippen molar-refractivity contribution in [3.05, 3.63) is 55.6 Å². The van der Waals surface area contributed by atoms with E-state index in [0.717, 1.165) is 0 Å². The van der Waals surface area contributed by atoms with E-state index in [2.05, 4.69) is 10.2 Å². The molecule has 112 valence electrons. The van der Waals surface area contributed by atoms with Crippen LogP contribution in [0.5, 0.6) is 5.75 Å². The van der Waals surface area contributed by atoms with Crippen LogP contribution in [0.1, 0.15) is 10.4 Å². The van der Waals surface area contributed by atoms with E-state index in [1.165, 1.54) is 36.4 Å². The van der Waals surface area contributed by atoms with E-state index in [9.17, 15) is 20.0 Å². The molecule has 0 spiro atoms. The van der Waals surface area contributed by atoms with Gasteiger partial charge in [-0.3, -0.25) is 10.1 Å². The first-order chi connectivity index (χ1) is 10.4. The van der Waals surface area contributed by atoms with Gasteiger partial charge < -0.3 is 10.2 Å². The quantitative estimate of drug-likeness (QED) is 0.339. The van der Waals surface area contributed by atoms with Crippen LogP contribution in [0.3, 0.4) is 0 Å². The van der Waals surface area contributed by atoms with Crippen LogP contribution < -0.4 is 0 Å². The van der Waals surface area contributed by atoms with E-state index in [0.29, 0.717) is 3.57 Å². The molecule has 2 N–H and O–H groups in total. The molecule has 0 bridgehead atoms. The molecule has 0 aromatic heterocycles. The Bertz CT molecular complexity index is 791. The smallest absolute Gasteiger partial charge is 0.339 e. The normalized spacial score (nSPS) is 10.8. The molecule has 0 saturated carbocycles. The maximum Gasteiger partial charge on any atom is 0.339 e.